The largest absolute Gasteiger partial charge is 0.493 e. The molecule has 7 nitrogen and oxygen atoms in total. The van der Waals surface area contributed by atoms with Gasteiger partial charge in [0.15, 0.2) is 11.6 Å². The molecule has 164 valence electrons. The number of nitrogen functional groups attached to an aromatic ring is 1. The Kier molecular flexibility index (Phi) is 6.11. The van der Waals surface area contributed by atoms with Gasteiger partial charge < -0.3 is 15.8 Å². The van der Waals surface area contributed by atoms with Gasteiger partial charge in [-0.1, -0.05) is 19.1 Å². The van der Waals surface area contributed by atoms with E-state index in [1.807, 2.05) is 12.1 Å². The Morgan fingerprint density at radius 3 is 2.66 bits per heavy atom. The highest BCUT2D eigenvalue weighted by atomic mass is 19.1. The van der Waals surface area contributed by atoms with Crippen LogP contribution in [0.2, 0.25) is 0 Å². The second-order valence-corrected chi connectivity index (χ2v) is 7.60. The molecule has 0 amide bonds. The number of nitrogens with one attached hydrogen (secondary N) is 1. The van der Waals surface area contributed by atoms with Crippen molar-refractivity contribution >= 4 is 28.7 Å². The predicted molar refractivity (Wildman–Crippen MR) is 125 cm³/mol. The first-order valence-corrected chi connectivity index (χ1v) is 10.4. The third-order valence-electron chi connectivity index (χ3n) is 5.39. The van der Waals surface area contributed by atoms with Gasteiger partial charge in [-0.25, -0.2) is 24.3 Å². The summed E-state index contributed by atoms with van der Waals surface area (Å²) < 4.78 is 18.8. The fourth-order valence-electron chi connectivity index (χ4n) is 3.42. The van der Waals surface area contributed by atoms with Crippen LogP contribution in [0.25, 0.3) is 11.3 Å². The topological polar surface area (TPSA) is 98.3 Å². The molecule has 32 heavy (non-hydrogen) atoms. The minimum atomic E-state index is -0.287. The second kappa shape index (κ2) is 9.13. The van der Waals surface area contributed by atoms with E-state index in [-0.39, 0.29) is 11.9 Å². The van der Waals surface area contributed by atoms with Crippen molar-refractivity contribution < 1.29 is 9.13 Å². The highest BCUT2D eigenvalue weighted by Gasteiger charge is 2.24. The predicted octanol–water partition coefficient (Wildman–Crippen LogP) is 4.57. The van der Waals surface area contributed by atoms with Crippen molar-refractivity contribution in [2.24, 2.45) is 4.99 Å². The van der Waals surface area contributed by atoms with Crippen LogP contribution in [-0.2, 0) is 0 Å². The van der Waals surface area contributed by atoms with Crippen LogP contribution >= 0.6 is 0 Å². The molecule has 0 radical (unpaired) electrons. The SMILES string of the molecule is CC[C@@H](C)Nc1nccc(C2=C(c3cnc(N)c(OC)c3)CC(c3ccc(F)cc3)=N2)n1. The van der Waals surface area contributed by atoms with Gasteiger partial charge in [-0.3, -0.25) is 0 Å². The number of aromatic nitrogens is 3. The Labute approximate surface area is 186 Å². The van der Waals surface area contributed by atoms with Crippen LogP contribution in [0.4, 0.5) is 16.2 Å². The summed E-state index contributed by atoms with van der Waals surface area (Å²) in [6.07, 6.45) is 4.90. The van der Waals surface area contributed by atoms with E-state index in [9.17, 15) is 4.39 Å². The molecule has 0 fully saturated rings. The van der Waals surface area contributed by atoms with Crippen molar-refractivity contribution in [1.29, 1.82) is 0 Å². The molecule has 4 rings (SSSR count). The number of aliphatic imine (C=N–C) groups is 1. The molecule has 0 aliphatic carbocycles. The van der Waals surface area contributed by atoms with Gasteiger partial charge in [0.05, 0.1) is 24.2 Å². The van der Waals surface area contributed by atoms with Gasteiger partial charge in [-0.15, -0.1) is 0 Å². The number of hydrogen-bond acceptors (Lipinski definition) is 7. The summed E-state index contributed by atoms with van der Waals surface area (Å²) in [4.78, 5) is 18.2. The minimum absolute atomic E-state index is 0.242. The van der Waals surface area contributed by atoms with E-state index in [2.05, 4.69) is 29.1 Å². The van der Waals surface area contributed by atoms with Gasteiger partial charge >= 0.3 is 0 Å². The van der Waals surface area contributed by atoms with Crippen LogP contribution < -0.4 is 15.8 Å². The standard InChI is InChI=1S/C24H25FN6O/c1-4-14(2)29-24-27-10-9-19(31-24)22-18(16-11-21(32-3)23(26)28-13-16)12-20(30-22)15-5-7-17(25)8-6-15/h5-11,13-14H,4,12H2,1-3H3,(H2,26,28)(H,27,29,31)/t14-/m1/s1. The molecule has 0 unspecified atom stereocenters. The number of hydrogen-bond donors (Lipinski definition) is 2. The number of nitrogens with two attached hydrogens (primary N) is 1. The average molecular weight is 433 g/mol. The van der Waals surface area contributed by atoms with Gasteiger partial charge in [0, 0.05) is 30.4 Å². The summed E-state index contributed by atoms with van der Waals surface area (Å²) in [5, 5.41) is 3.30. The fraction of sp³-hybridized carbons (Fsp3) is 0.250. The Morgan fingerprint density at radius 1 is 1.16 bits per heavy atom. The molecule has 1 atom stereocenters. The maximum Gasteiger partial charge on any atom is 0.223 e. The summed E-state index contributed by atoms with van der Waals surface area (Å²) in [6, 6.07) is 10.2. The van der Waals surface area contributed by atoms with E-state index in [0.717, 1.165) is 28.8 Å². The number of allylic oxidation sites excluding steroid dienone is 1. The molecule has 0 saturated carbocycles. The third kappa shape index (κ3) is 4.44. The van der Waals surface area contributed by atoms with E-state index in [1.54, 1.807) is 31.6 Å². The number of halogens is 1. The van der Waals surface area contributed by atoms with Gasteiger partial charge in [0.2, 0.25) is 5.95 Å². The fourth-order valence-corrected chi connectivity index (χ4v) is 3.42. The lowest BCUT2D eigenvalue weighted by Gasteiger charge is -2.12. The minimum Gasteiger partial charge on any atom is -0.493 e. The molecular weight excluding hydrogens is 407 g/mol. The van der Waals surface area contributed by atoms with Crippen molar-refractivity contribution in [3.8, 4) is 5.75 Å². The van der Waals surface area contributed by atoms with Crippen molar-refractivity contribution in [2.75, 3.05) is 18.2 Å². The average Bonchev–Trinajstić information content (AvgIpc) is 3.25. The first-order chi connectivity index (χ1) is 15.5. The number of anilines is 2. The molecule has 3 heterocycles. The van der Waals surface area contributed by atoms with E-state index in [4.69, 9.17) is 20.4 Å². The molecule has 0 spiro atoms. The maximum atomic E-state index is 13.4. The number of ether oxygens (including phenoxy) is 1. The zero-order valence-corrected chi connectivity index (χ0v) is 18.3. The van der Waals surface area contributed by atoms with Crippen LogP contribution in [0.15, 0.2) is 53.8 Å². The van der Waals surface area contributed by atoms with Crippen molar-refractivity contribution in [3.63, 3.8) is 0 Å². The third-order valence-corrected chi connectivity index (χ3v) is 5.39. The second-order valence-electron chi connectivity index (χ2n) is 7.60. The van der Waals surface area contributed by atoms with Crippen LogP contribution in [0.1, 0.15) is 43.5 Å². The summed E-state index contributed by atoms with van der Waals surface area (Å²) in [6.45, 7) is 4.17. The highest BCUT2D eigenvalue weighted by molar-refractivity contribution is 6.16. The molecule has 2 aromatic heterocycles. The number of pyridine rings is 1. The van der Waals surface area contributed by atoms with Crippen molar-refractivity contribution in [3.05, 3.63) is 71.4 Å². The first kappa shape index (κ1) is 21.4. The van der Waals surface area contributed by atoms with E-state index < -0.39 is 0 Å². The summed E-state index contributed by atoms with van der Waals surface area (Å²) in [7, 11) is 1.55. The van der Waals surface area contributed by atoms with Gasteiger partial charge in [-0.05, 0) is 48.7 Å². The van der Waals surface area contributed by atoms with Gasteiger partial charge in [-0.2, -0.15) is 0 Å². The molecule has 1 aromatic carbocycles. The summed E-state index contributed by atoms with van der Waals surface area (Å²) in [5.41, 5.74) is 10.8. The molecule has 3 N–H and O–H groups in total. The number of methoxy groups -OCH3 is 1. The lowest BCUT2D eigenvalue weighted by Crippen LogP contribution is -2.15. The lowest BCUT2D eigenvalue weighted by molar-refractivity contribution is 0.415. The number of rotatable bonds is 7. The smallest absolute Gasteiger partial charge is 0.223 e. The Hall–Kier alpha value is -3.81. The first-order valence-electron chi connectivity index (χ1n) is 10.4. The number of nitrogens with zero attached hydrogens (tertiary/aromatic N) is 4. The molecule has 0 bridgehead atoms. The van der Waals surface area contributed by atoms with Gasteiger partial charge in [0.25, 0.3) is 0 Å². The monoisotopic (exact) mass is 432 g/mol. The molecule has 0 saturated heterocycles. The van der Waals surface area contributed by atoms with Crippen molar-refractivity contribution in [1.82, 2.24) is 15.0 Å². The summed E-state index contributed by atoms with van der Waals surface area (Å²) in [5.74, 6) is 1.07. The summed E-state index contributed by atoms with van der Waals surface area (Å²) >= 11 is 0. The zero-order valence-electron chi connectivity index (χ0n) is 18.3. The van der Waals surface area contributed by atoms with E-state index in [0.29, 0.717) is 35.3 Å². The molecule has 3 aromatic rings. The van der Waals surface area contributed by atoms with E-state index in [1.165, 1.54) is 12.1 Å². The van der Waals surface area contributed by atoms with Crippen LogP contribution in [-0.4, -0.2) is 33.8 Å². The van der Waals surface area contributed by atoms with Crippen LogP contribution in [0.5, 0.6) is 5.75 Å². The molecule has 8 heteroatoms. The molecule has 1 aliphatic rings. The van der Waals surface area contributed by atoms with Crippen molar-refractivity contribution in [2.45, 2.75) is 32.7 Å². The molecule has 1 aliphatic heterocycles. The lowest BCUT2D eigenvalue weighted by atomic mass is 9.98. The van der Waals surface area contributed by atoms with Crippen LogP contribution in [0.3, 0.4) is 0 Å². The normalized spacial score (nSPS) is 14.3. The quantitative estimate of drug-likeness (QED) is 0.567. The maximum absolute atomic E-state index is 13.4. The van der Waals surface area contributed by atoms with E-state index >= 15 is 0 Å². The molecular formula is C24H25FN6O. The Morgan fingerprint density at radius 2 is 1.94 bits per heavy atom. The van der Waals surface area contributed by atoms with Crippen LogP contribution in [0, 0.1) is 5.82 Å². The number of benzene rings is 1. The Bertz CT molecular complexity index is 1190. The van der Waals surface area contributed by atoms with Gasteiger partial charge in [0.1, 0.15) is 5.82 Å². The Balaban J connectivity index is 1.80. The highest BCUT2D eigenvalue weighted by Crippen LogP contribution is 2.38. The zero-order chi connectivity index (χ0) is 22.7.